The molecule has 2 aliphatic heterocycles. The van der Waals surface area contributed by atoms with Crippen molar-refractivity contribution in [2.24, 2.45) is 0 Å². The van der Waals surface area contributed by atoms with Crippen LogP contribution in [0.3, 0.4) is 0 Å². The van der Waals surface area contributed by atoms with Crippen LogP contribution in [-0.2, 0) is 14.4 Å². The minimum Gasteiger partial charge on any atom is -0.325 e. The Bertz CT molecular complexity index is 1030. The zero-order valence-electron chi connectivity index (χ0n) is 17.4. The molecule has 32 heavy (non-hydrogen) atoms. The van der Waals surface area contributed by atoms with Crippen LogP contribution in [0.2, 0.25) is 10.0 Å². The first-order valence-electron chi connectivity index (χ1n) is 10.6. The summed E-state index contributed by atoms with van der Waals surface area (Å²) in [6.07, 6.45) is 2.81. The van der Waals surface area contributed by atoms with E-state index in [1.807, 2.05) is 23.1 Å². The van der Waals surface area contributed by atoms with Gasteiger partial charge in [0.15, 0.2) is 0 Å². The fourth-order valence-electron chi connectivity index (χ4n) is 4.26. The van der Waals surface area contributed by atoms with Crippen LogP contribution in [0.5, 0.6) is 0 Å². The number of benzene rings is 2. The van der Waals surface area contributed by atoms with Crippen molar-refractivity contribution in [3.63, 3.8) is 0 Å². The van der Waals surface area contributed by atoms with Gasteiger partial charge in [-0.1, -0.05) is 35.3 Å². The first-order valence-corrected chi connectivity index (χ1v) is 11.4. The van der Waals surface area contributed by atoms with Gasteiger partial charge in [0.1, 0.15) is 0 Å². The highest BCUT2D eigenvalue weighted by atomic mass is 35.5. The quantitative estimate of drug-likeness (QED) is 0.658. The number of anilines is 3. The molecule has 168 valence electrons. The number of carbonyl (C=O) groups excluding carboxylic acids is 3. The second-order valence-corrected chi connectivity index (χ2v) is 8.86. The molecule has 4 rings (SSSR count). The smallest absolute Gasteiger partial charge is 0.241 e. The lowest BCUT2D eigenvalue weighted by atomic mass is 10.2. The number of hydrogen-bond donors (Lipinski definition) is 2. The first kappa shape index (κ1) is 22.6. The van der Waals surface area contributed by atoms with Crippen molar-refractivity contribution in [3.05, 3.63) is 52.5 Å². The fraction of sp³-hybridized carbons (Fsp3) is 0.348. The molecule has 0 bridgehead atoms. The maximum Gasteiger partial charge on any atom is 0.241 e. The molecule has 2 aromatic carbocycles. The molecule has 1 unspecified atom stereocenters. The molecule has 0 aliphatic carbocycles. The summed E-state index contributed by atoms with van der Waals surface area (Å²) >= 11 is 12.0. The average Bonchev–Trinajstić information content (AvgIpc) is 3.36. The minimum absolute atomic E-state index is 0.0593. The third-order valence-corrected chi connectivity index (χ3v) is 6.12. The molecule has 3 amide bonds. The zero-order valence-corrected chi connectivity index (χ0v) is 19.0. The van der Waals surface area contributed by atoms with Gasteiger partial charge in [-0.25, -0.2) is 0 Å². The maximum atomic E-state index is 12.8. The predicted octanol–water partition coefficient (Wildman–Crippen LogP) is 4.16. The summed E-state index contributed by atoms with van der Waals surface area (Å²) in [5.41, 5.74) is 1.83. The molecule has 2 saturated heterocycles. The minimum atomic E-state index is -0.422. The summed E-state index contributed by atoms with van der Waals surface area (Å²) in [6, 6.07) is 11.7. The number of rotatable bonds is 6. The van der Waals surface area contributed by atoms with Gasteiger partial charge in [-0.05, 0) is 56.1 Å². The largest absolute Gasteiger partial charge is 0.325 e. The second kappa shape index (κ2) is 9.90. The third-order valence-electron chi connectivity index (χ3n) is 5.69. The van der Waals surface area contributed by atoms with Crippen molar-refractivity contribution in [3.8, 4) is 0 Å². The number of carbonyl (C=O) groups is 3. The van der Waals surface area contributed by atoms with Crippen molar-refractivity contribution >= 4 is 58.0 Å². The zero-order chi connectivity index (χ0) is 22.7. The van der Waals surface area contributed by atoms with Crippen LogP contribution in [0, 0.1) is 0 Å². The summed E-state index contributed by atoms with van der Waals surface area (Å²) < 4.78 is 0. The van der Waals surface area contributed by atoms with Crippen LogP contribution >= 0.6 is 23.2 Å². The van der Waals surface area contributed by atoms with E-state index in [2.05, 4.69) is 10.6 Å². The second-order valence-electron chi connectivity index (χ2n) is 7.99. The van der Waals surface area contributed by atoms with E-state index in [0.29, 0.717) is 53.0 Å². The van der Waals surface area contributed by atoms with E-state index < -0.39 is 6.04 Å². The van der Waals surface area contributed by atoms with Crippen LogP contribution in [0.1, 0.15) is 25.7 Å². The van der Waals surface area contributed by atoms with E-state index >= 15 is 0 Å². The third kappa shape index (κ3) is 5.23. The van der Waals surface area contributed by atoms with Crippen molar-refractivity contribution in [2.75, 3.05) is 35.2 Å². The van der Waals surface area contributed by atoms with E-state index in [4.69, 9.17) is 23.2 Å². The Labute approximate surface area is 196 Å². The van der Waals surface area contributed by atoms with Gasteiger partial charge in [0.2, 0.25) is 17.7 Å². The van der Waals surface area contributed by atoms with Crippen molar-refractivity contribution in [1.82, 2.24) is 4.90 Å². The van der Waals surface area contributed by atoms with Crippen LogP contribution < -0.4 is 15.5 Å². The van der Waals surface area contributed by atoms with E-state index in [1.54, 1.807) is 29.2 Å². The normalized spacial score (nSPS) is 18.8. The summed E-state index contributed by atoms with van der Waals surface area (Å²) in [7, 11) is 0. The standard InChI is InChI=1S/C23H24Cl2N4O3/c24-15-11-16(25)13-17(12-15)26-23(32)20-7-3-9-28(20)14-21(30)27-18-5-1-2-6-19(18)29-10-4-8-22(29)31/h1-2,5-6,11-13,20H,3-4,7-10,14H2,(H,26,32)(H,27,30). The van der Waals surface area contributed by atoms with E-state index in [0.717, 1.165) is 12.8 Å². The first-order chi connectivity index (χ1) is 15.4. The molecule has 0 spiro atoms. The van der Waals surface area contributed by atoms with Crippen molar-refractivity contribution in [2.45, 2.75) is 31.7 Å². The van der Waals surface area contributed by atoms with Crippen molar-refractivity contribution in [1.29, 1.82) is 0 Å². The Hall–Kier alpha value is -2.61. The number of likely N-dealkylation sites (tertiary alicyclic amines) is 1. The van der Waals surface area contributed by atoms with Crippen molar-refractivity contribution < 1.29 is 14.4 Å². The number of para-hydroxylation sites is 2. The van der Waals surface area contributed by atoms with Gasteiger partial charge in [-0.3, -0.25) is 19.3 Å². The molecule has 2 aliphatic rings. The molecular weight excluding hydrogens is 451 g/mol. The predicted molar refractivity (Wildman–Crippen MR) is 126 cm³/mol. The van der Waals surface area contributed by atoms with E-state index in [1.165, 1.54) is 0 Å². The highest BCUT2D eigenvalue weighted by molar-refractivity contribution is 6.35. The average molecular weight is 475 g/mol. The molecule has 1 atom stereocenters. The van der Waals surface area contributed by atoms with Gasteiger partial charge >= 0.3 is 0 Å². The Balaban J connectivity index is 1.40. The number of nitrogens with one attached hydrogen (secondary N) is 2. The summed E-state index contributed by atoms with van der Waals surface area (Å²) in [6.45, 7) is 1.37. The van der Waals surface area contributed by atoms with Crippen LogP contribution in [-0.4, -0.2) is 48.3 Å². The van der Waals surface area contributed by atoms with Gasteiger partial charge in [0.25, 0.3) is 0 Å². The topological polar surface area (TPSA) is 81.8 Å². The summed E-state index contributed by atoms with van der Waals surface area (Å²) in [5, 5.41) is 6.63. The van der Waals surface area contributed by atoms with Crippen LogP contribution in [0.25, 0.3) is 0 Å². The lowest BCUT2D eigenvalue weighted by Gasteiger charge is -2.24. The molecule has 7 nitrogen and oxygen atoms in total. The van der Waals surface area contributed by atoms with Gasteiger partial charge in [0.05, 0.1) is 24.0 Å². The van der Waals surface area contributed by atoms with Gasteiger partial charge < -0.3 is 15.5 Å². The Kier molecular flexibility index (Phi) is 6.98. The maximum absolute atomic E-state index is 12.8. The Morgan fingerprint density at radius 2 is 1.75 bits per heavy atom. The SMILES string of the molecule is O=C(CN1CCCC1C(=O)Nc1cc(Cl)cc(Cl)c1)Nc1ccccc1N1CCCC1=O. The highest BCUT2D eigenvalue weighted by Gasteiger charge is 2.32. The fourth-order valence-corrected chi connectivity index (χ4v) is 4.78. The molecule has 2 aromatic rings. The molecule has 2 fully saturated rings. The highest BCUT2D eigenvalue weighted by Crippen LogP contribution is 2.30. The van der Waals surface area contributed by atoms with Crippen LogP contribution in [0.15, 0.2) is 42.5 Å². The number of halogens is 2. The van der Waals surface area contributed by atoms with E-state index in [9.17, 15) is 14.4 Å². The molecule has 0 radical (unpaired) electrons. The lowest BCUT2D eigenvalue weighted by molar-refractivity contribution is -0.122. The molecule has 0 aromatic heterocycles. The lowest BCUT2D eigenvalue weighted by Crippen LogP contribution is -2.43. The van der Waals surface area contributed by atoms with Crippen LogP contribution in [0.4, 0.5) is 17.1 Å². The van der Waals surface area contributed by atoms with Gasteiger partial charge in [-0.15, -0.1) is 0 Å². The molecular formula is C23H24Cl2N4O3. The number of nitrogens with zero attached hydrogens (tertiary/aromatic N) is 2. The Morgan fingerprint density at radius 3 is 2.47 bits per heavy atom. The molecule has 9 heteroatoms. The molecule has 2 N–H and O–H groups in total. The summed E-state index contributed by atoms with van der Waals surface area (Å²) in [5.74, 6) is -0.365. The van der Waals surface area contributed by atoms with Gasteiger partial charge in [0, 0.05) is 28.7 Å². The number of hydrogen-bond acceptors (Lipinski definition) is 4. The Morgan fingerprint density at radius 1 is 1.00 bits per heavy atom. The van der Waals surface area contributed by atoms with E-state index in [-0.39, 0.29) is 24.3 Å². The molecule has 2 heterocycles. The number of amides is 3. The molecule has 0 saturated carbocycles. The van der Waals surface area contributed by atoms with Gasteiger partial charge in [-0.2, -0.15) is 0 Å². The summed E-state index contributed by atoms with van der Waals surface area (Å²) in [4.78, 5) is 41.4. The monoisotopic (exact) mass is 474 g/mol.